The maximum Gasteiger partial charge on any atom is 0.224 e. The molecule has 0 spiro atoms. The Bertz CT molecular complexity index is 653. The molecule has 0 N–H and O–H groups in total. The molecular weight excluding hydrogens is 258 g/mol. The highest BCUT2D eigenvalue weighted by atomic mass is 35.5. The van der Waals surface area contributed by atoms with Crippen LogP contribution in [0.2, 0.25) is 5.02 Å². The zero-order valence-electron chi connectivity index (χ0n) is 10.9. The number of amides is 1. The summed E-state index contributed by atoms with van der Waals surface area (Å²) in [5.41, 5.74) is 2.72. The van der Waals surface area contributed by atoms with E-state index in [2.05, 4.69) is 6.92 Å². The standard InChI is InChI=1S/C16H14ClNO/c1-11(19)18-15-9-8-13(17)10-14(15)16(18,2)12-6-4-3-5-7-12/h3-10H,1-2H3/t16-/m1/s1. The average molecular weight is 272 g/mol. The van der Waals surface area contributed by atoms with Gasteiger partial charge in [0.05, 0.1) is 11.2 Å². The van der Waals surface area contributed by atoms with Gasteiger partial charge in [-0.2, -0.15) is 0 Å². The second-order valence-corrected chi connectivity index (χ2v) is 5.39. The first kappa shape index (κ1) is 12.2. The van der Waals surface area contributed by atoms with Gasteiger partial charge in [0.1, 0.15) is 0 Å². The van der Waals surface area contributed by atoms with Gasteiger partial charge in [-0.1, -0.05) is 41.9 Å². The van der Waals surface area contributed by atoms with Gasteiger partial charge in [0, 0.05) is 17.5 Å². The molecule has 1 amide bonds. The molecule has 2 aromatic carbocycles. The van der Waals surface area contributed by atoms with Crippen LogP contribution in [0.4, 0.5) is 5.69 Å². The first-order chi connectivity index (χ1) is 9.05. The molecule has 0 saturated carbocycles. The summed E-state index contributed by atoms with van der Waals surface area (Å²) in [6.07, 6.45) is 0. The van der Waals surface area contributed by atoms with E-state index >= 15 is 0 Å². The van der Waals surface area contributed by atoms with Crippen molar-refractivity contribution >= 4 is 23.2 Å². The highest BCUT2D eigenvalue weighted by molar-refractivity contribution is 6.31. The molecule has 2 aromatic rings. The maximum absolute atomic E-state index is 12.0. The van der Waals surface area contributed by atoms with Crippen LogP contribution in [0.15, 0.2) is 48.5 Å². The quantitative estimate of drug-likeness (QED) is 0.768. The predicted molar refractivity (Wildman–Crippen MR) is 77.5 cm³/mol. The van der Waals surface area contributed by atoms with Crippen molar-refractivity contribution in [2.45, 2.75) is 19.4 Å². The Morgan fingerprint density at radius 3 is 2.47 bits per heavy atom. The molecule has 0 unspecified atom stereocenters. The molecule has 3 heteroatoms. The van der Waals surface area contributed by atoms with E-state index in [4.69, 9.17) is 11.6 Å². The van der Waals surface area contributed by atoms with Crippen molar-refractivity contribution in [1.29, 1.82) is 0 Å². The molecule has 1 heterocycles. The Kier molecular flexibility index (Phi) is 2.64. The lowest BCUT2D eigenvalue weighted by molar-refractivity contribution is -0.118. The van der Waals surface area contributed by atoms with E-state index in [1.807, 2.05) is 53.4 Å². The van der Waals surface area contributed by atoms with Crippen LogP contribution >= 0.6 is 11.6 Å². The van der Waals surface area contributed by atoms with Crippen molar-refractivity contribution in [3.63, 3.8) is 0 Å². The molecule has 1 atom stereocenters. The monoisotopic (exact) mass is 271 g/mol. The van der Waals surface area contributed by atoms with Gasteiger partial charge >= 0.3 is 0 Å². The Hall–Kier alpha value is -1.80. The van der Waals surface area contributed by atoms with E-state index in [9.17, 15) is 4.79 Å². The minimum atomic E-state index is -0.423. The third kappa shape index (κ3) is 1.60. The molecule has 0 radical (unpaired) electrons. The number of halogens is 1. The van der Waals surface area contributed by atoms with Crippen LogP contribution < -0.4 is 4.90 Å². The van der Waals surface area contributed by atoms with E-state index in [0.29, 0.717) is 5.02 Å². The number of carbonyl (C=O) groups excluding carboxylic acids is 1. The van der Waals surface area contributed by atoms with Crippen molar-refractivity contribution in [3.8, 4) is 0 Å². The van der Waals surface area contributed by atoms with E-state index in [1.54, 1.807) is 6.92 Å². The summed E-state index contributed by atoms with van der Waals surface area (Å²) in [7, 11) is 0. The number of nitrogens with zero attached hydrogens (tertiary/aromatic N) is 1. The van der Waals surface area contributed by atoms with Gasteiger partial charge in [-0.3, -0.25) is 9.69 Å². The Morgan fingerprint density at radius 2 is 1.84 bits per heavy atom. The van der Waals surface area contributed by atoms with E-state index in [1.165, 1.54) is 0 Å². The lowest BCUT2D eigenvalue weighted by Gasteiger charge is -2.52. The van der Waals surface area contributed by atoms with Gasteiger partial charge in [0.2, 0.25) is 5.91 Å². The first-order valence-corrected chi connectivity index (χ1v) is 6.59. The normalized spacial score (nSPS) is 20.7. The number of carbonyl (C=O) groups is 1. The Labute approximate surface area is 117 Å². The average Bonchev–Trinajstić information content (AvgIpc) is 2.40. The molecule has 96 valence electrons. The fourth-order valence-electron chi connectivity index (χ4n) is 2.93. The minimum absolute atomic E-state index is 0.0428. The third-order valence-electron chi connectivity index (χ3n) is 3.82. The van der Waals surface area contributed by atoms with Crippen molar-refractivity contribution < 1.29 is 4.79 Å². The summed E-state index contributed by atoms with van der Waals surface area (Å²) < 4.78 is 0. The molecule has 0 fully saturated rings. The summed E-state index contributed by atoms with van der Waals surface area (Å²) in [5, 5.41) is 0.698. The second-order valence-electron chi connectivity index (χ2n) is 4.95. The molecule has 19 heavy (non-hydrogen) atoms. The molecule has 1 aliphatic rings. The molecule has 0 aromatic heterocycles. The summed E-state index contributed by atoms with van der Waals surface area (Å²) >= 11 is 6.09. The second kappa shape index (κ2) is 4.10. The van der Waals surface area contributed by atoms with Crippen LogP contribution in [-0.2, 0) is 10.3 Å². The molecule has 2 nitrogen and oxygen atoms in total. The van der Waals surface area contributed by atoms with E-state index < -0.39 is 5.54 Å². The lowest BCUT2D eigenvalue weighted by Crippen LogP contribution is -2.56. The van der Waals surface area contributed by atoms with Crippen LogP contribution in [0.3, 0.4) is 0 Å². The van der Waals surface area contributed by atoms with Crippen LogP contribution in [0.1, 0.15) is 25.0 Å². The summed E-state index contributed by atoms with van der Waals surface area (Å²) in [5.74, 6) is 0.0428. The zero-order valence-corrected chi connectivity index (χ0v) is 11.6. The topological polar surface area (TPSA) is 20.3 Å². The van der Waals surface area contributed by atoms with Crippen LogP contribution in [0.5, 0.6) is 0 Å². The maximum atomic E-state index is 12.0. The van der Waals surface area contributed by atoms with Gasteiger partial charge in [-0.25, -0.2) is 0 Å². The highest BCUT2D eigenvalue weighted by Gasteiger charge is 2.49. The zero-order chi connectivity index (χ0) is 13.6. The Balaban J connectivity index is 2.22. The first-order valence-electron chi connectivity index (χ1n) is 6.21. The van der Waals surface area contributed by atoms with Crippen LogP contribution in [0.25, 0.3) is 0 Å². The number of anilines is 1. The minimum Gasteiger partial charge on any atom is -0.298 e. The van der Waals surface area contributed by atoms with E-state index in [0.717, 1.165) is 16.8 Å². The van der Waals surface area contributed by atoms with Crippen LogP contribution in [0, 0.1) is 0 Å². The van der Waals surface area contributed by atoms with Crippen molar-refractivity contribution in [1.82, 2.24) is 0 Å². The molecular formula is C16H14ClNO. The molecule has 0 bridgehead atoms. The van der Waals surface area contributed by atoms with Crippen molar-refractivity contribution in [2.24, 2.45) is 0 Å². The summed E-state index contributed by atoms with van der Waals surface area (Å²) in [6, 6.07) is 15.7. The number of benzene rings is 2. The third-order valence-corrected chi connectivity index (χ3v) is 4.06. The highest BCUT2D eigenvalue weighted by Crippen LogP contribution is 2.52. The van der Waals surface area contributed by atoms with Crippen molar-refractivity contribution in [3.05, 3.63) is 64.7 Å². The van der Waals surface area contributed by atoms with Gasteiger partial charge < -0.3 is 0 Å². The molecule has 0 saturated heterocycles. The Morgan fingerprint density at radius 1 is 1.16 bits per heavy atom. The van der Waals surface area contributed by atoms with Gasteiger partial charge in [-0.05, 0) is 30.7 Å². The molecule has 0 aliphatic carbocycles. The van der Waals surface area contributed by atoms with E-state index in [-0.39, 0.29) is 5.91 Å². The van der Waals surface area contributed by atoms with Gasteiger partial charge in [-0.15, -0.1) is 0 Å². The fourth-order valence-corrected chi connectivity index (χ4v) is 3.11. The number of hydrogen-bond acceptors (Lipinski definition) is 1. The number of hydrogen-bond donors (Lipinski definition) is 0. The number of fused-ring (bicyclic) bond motifs is 1. The van der Waals surface area contributed by atoms with Crippen molar-refractivity contribution in [2.75, 3.05) is 4.90 Å². The van der Waals surface area contributed by atoms with Gasteiger partial charge in [0.25, 0.3) is 0 Å². The fraction of sp³-hybridized carbons (Fsp3) is 0.188. The smallest absolute Gasteiger partial charge is 0.224 e. The molecule has 3 rings (SSSR count). The summed E-state index contributed by atoms with van der Waals surface area (Å²) in [4.78, 5) is 13.8. The summed E-state index contributed by atoms with van der Waals surface area (Å²) in [6.45, 7) is 3.65. The van der Waals surface area contributed by atoms with Gasteiger partial charge in [0.15, 0.2) is 0 Å². The van der Waals surface area contributed by atoms with Crippen LogP contribution in [-0.4, -0.2) is 5.91 Å². The lowest BCUT2D eigenvalue weighted by atomic mass is 9.75. The molecule has 1 aliphatic heterocycles. The largest absolute Gasteiger partial charge is 0.298 e. The number of rotatable bonds is 1. The predicted octanol–water partition coefficient (Wildman–Crippen LogP) is 3.97. The SMILES string of the molecule is CC(=O)N1c2ccc(Cl)cc2[C@@]1(C)c1ccccc1.